The molecule has 1 aliphatic rings. The molecule has 1 aliphatic heterocycles. The molecule has 1 saturated heterocycles. The van der Waals surface area contributed by atoms with Crippen LogP contribution in [-0.4, -0.2) is 23.9 Å². The van der Waals surface area contributed by atoms with E-state index >= 15 is 0 Å². The number of piperidine rings is 1. The molecule has 1 N–H and O–H groups in total. The highest BCUT2D eigenvalue weighted by atomic mass is 79.9. The largest absolute Gasteiger partial charge is 0.326 e. The molecule has 0 radical (unpaired) electrons. The van der Waals surface area contributed by atoms with E-state index in [4.69, 9.17) is 11.6 Å². The second kappa shape index (κ2) is 8.30. The molecule has 1 fully saturated rings. The van der Waals surface area contributed by atoms with Crippen LogP contribution in [0.1, 0.15) is 18.4 Å². The molecule has 0 aromatic heterocycles. The summed E-state index contributed by atoms with van der Waals surface area (Å²) in [6.07, 6.45) is 1.63. The molecule has 132 valence electrons. The van der Waals surface area contributed by atoms with Crippen molar-refractivity contribution in [1.82, 2.24) is 4.90 Å². The first-order valence-corrected chi connectivity index (χ1v) is 9.41. The van der Waals surface area contributed by atoms with Crippen molar-refractivity contribution < 1.29 is 9.18 Å². The Morgan fingerprint density at radius 2 is 1.88 bits per heavy atom. The summed E-state index contributed by atoms with van der Waals surface area (Å²) < 4.78 is 13.8. The van der Waals surface area contributed by atoms with E-state index in [1.165, 1.54) is 12.1 Å². The highest BCUT2D eigenvalue weighted by Crippen LogP contribution is 2.27. The van der Waals surface area contributed by atoms with Gasteiger partial charge in [-0.2, -0.15) is 0 Å². The van der Waals surface area contributed by atoms with Gasteiger partial charge in [0.1, 0.15) is 5.82 Å². The van der Waals surface area contributed by atoms with Gasteiger partial charge in [-0.15, -0.1) is 0 Å². The third-order valence-corrected chi connectivity index (χ3v) is 5.70. The second-order valence-electron chi connectivity index (χ2n) is 6.30. The van der Waals surface area contributed by atoms with E-state index in [0.717, 1.165) is 42.5 Å². The van der Waals surface area contributed by atoms with E-state index in [1.54, 1.807) is 6.07 Å². The van der Waals surface area contributed by atoms with Gasteiger partial charge in [-0.25, -0.2) is 4.39 Å². The van der Waals surface area contributed by atoms with Gasteiger partial charge in [0, 0.05) is 22.6 Å². The Morgan fingerprint density at radius 3 is 2.52 bits per heavy atom. The van der Waals surface area contributed by atoms with Gasteiger partial charge in [0.15, 0.2) is 0 Å². The van der Waals surface area contributed by atoms with Gasteiger partial charge in [-0.1, -0.05) is 23.7 Å². The average molecular weight is 426 g/mol. The normalized spacial score (nSPS) is 16.0. The summed E-state index contributed by atoms with van der Waals surface area (Å²) >= 11 is 9.40. The van der Waals surface area contributed by atoms with Crippen LogP contribution in [0.5, 0.6) is 0 Å². The molecule has 0 saturated carbocycles. The molecule has 0 atom stereocenters. The minimum atomic E-state index is -0.216. The maximum absolute atomic E-state index is 13.0. The minimum Gasteiger partial charge on any atom is -0.326 e. The van der Waals surface area contributed by atoms with Gasteiger partial charge in [-0.05, 0) is 77.8 Å². The highest BCUT2D eigenvalue weighted by Gasteiger charge is 2.25. The zero-order chi connectivity index (χ0) is 17.8. The van der Waals surface area contributed by atoms with Crippen LogP contribution in [0, 0.1) is 11.7 Å². The summed E-state index contributed by atoms with van der Waals surface area (Å²) in [4.78, 5) is 14.7. The quantitative estimate of drug-likeness (QED) is 0.740. The topological polar surface area (TPSA) is 32.3 Å². The summed E-state index contributed by atoms with van der Waals surface area (Å²) in [5.41, 5.74) is 1.81. The average Bonchev–Trinajstić information content (AvgIpc) is 2.61. The first-order chi connectivity index (χ1) is 12.0. The van der Waals surface area contributed by atoms with E-state index in [2.05, 4.69) is 26.1 Å². The molecule has 3 rings (SSSR count). The van der Waals surface area contributed by atoms with Crippen molar-refractivity contribution in [3.8, 4) is 0 Å². The highest BCUT2D eigenvalue weighted by molar-refractivity contribution is 9.10. The lowest BCUT2D eigenvalue weighted by Crippen LogP contribution is -2.37. The van der Waals surface area contributed by atoms with Crippen molar-refractivity contribution in [3.63, 3.8) is 0 Å². The van der Waals surface area contributed by atoms with Crippen molar-refractivity contribution in [3.05, 3.63) is 63.3 Å². The van der Waals surface area contributed by atoms with Crippen molar-refractivity contribution in [2.75, 3.05) is 18.4 Å². The lowest BCUT2D eigenvalue weighted by Gasteiger charge is -2.31. The summed E-state index contributed by atoms with van der Waals surface area (Å²) in [6, 6.07) is 12.0. The molecule has 0 unspecified atom stereocenters. The van der Waals surface area contributed by atoms with Crippen LogP contribution >= 0.6 is 27.5 Å². The molecule has 25 heavy (non-hydrogen) atoms. The lowest BCUT2D eigenvalue weighted by molar-refractivity contribution is -0.121. The van der Waals surface area contributed by atoms with E-state index in [9.17, 15) is 9.18 Å². The molecule has 2 aromatic carbocycles. The predicted molar refractivity (Wildman–Crippen MR) is 102 cm³/mol. The SMILES string of the molecule is O=C(Nc1ccc(Br)c(Cl)c1)C1CCN(Cc2ccc(F)cc2)CC1. The standard InChI is InChI=1S/C19H19BrClFN2O/c20-17-6-5-16(11-18(17)21)23-19(25)14-7-9-24(10-8-14)12-13-1-3-15(22)4-2-13/h1-6,11,14H,7-10,12H2,(H,23,25). The van der Waals surface area contributed by atoms with Crippen LogP contribution in [0.25, 0.3) is 0 Å². The number of nitrogens with zero attached hydrogens (tertiary/aromatic N) is 1. The molecule has 0 aliphatic carbocycles. The maximum Gasteiger partial charge on any atom is 0.227 e. The first-order valence-electron chi connectivity index (χ1n) is 8.24. The number of likely N-dealkylation sites (tertiary alicyclic amines) is 1. The third kappa shape index (κ3) is 5.03. The smallest absolute Gasteiger partial charge is 0.227 e. The number of rotatable bonds is 4. The van der Waals surface area contributed by atoms with Crippen molar-refractivity contribution in [1.29, 1.82) is 0 Å². The monoisotopic (exact) mass is 424 g/mol. The van der Waals surface area contributed by atoms with Gasteiger partial charge in [0.25, 0.3) is 0 Å². The first kappa shape index (κ1) is 18.4. The Bertz CT molecular complexity index is 746. The Kier molecular flexibility index (Phi) is 6.10. The molecule has 1 heterocycles. The van der Waals surface area contributed by atoms with Crippen LogP contribution in [0.4, 0.5) is 10.1 Å². The van der Waals surface area contributed by atoms with Crippen molar-refractivity contribution >= 4 is 39.1 Å². The molecular formula is C19H19BrClFN2O. The summed E-state index contributed by atoms with van der Waals surface area (Å²) in [7, 11) is 0. The number of carbonyl (C=O) groups excluding carboxylic acids is 1. The van der Waals surface area contributed by atoms with Gasteiger partial charge >= 0.3 is 0 Å². The molecule has 6 heteroatoms. The summed E-state index contributed by atoms with van der Waals surface area (Å²) in [5.74, 6) is -0.168. The van der Waals surface area contributed by atoms with E-state index in [1.807, 2.05) is 24.3 Å². The van der Waals surface area contributed by atoms with Gasteiger partial charge in [0.2, 0.25) is 5.91 Å². The minimum absolute atomic E-state index is 0.00638. The molecular weight excluding hydrogens is 407 g/mol. The molecule has 0 bridgehead atoms. The fraction of sp³-hybridized carbons (Fsp3) is 0.316. The summed E-state index contributed by atoms with van der Waals surface area (Å²) in [5, 5.41) is 3.52. The van der Waals surface area contributed by atoms with E-state index in [0.29, 0.717) is 10.7 Å². The van der Waals surface area contributed by atoms with Crippen LogP contribution in [-0.2, 0) is 11.3 Å². The number of amides is 1. The Hall–Kier alpha value is -1.43. The molecule has 3 nitrogen and oxygen atoms in total. The number of nitrogens with one attached hydrogen (secondary N) is 1. The Balaban J connectivity index is 1.50. The predicted octanol–water partition coefficient (Wildman–Crippen LogP) is 5.09. The molecule has 0 spiro atoms. The van der Waals surface area contributed by atoms with Crippen LogP contribution < -0.4 is 5.32 Å². The number of anilines is 1. The fourth-order valence-electron chi connectivity index (χ4n) is 3.02. The fourth-order valence-corrected chi connectivity index (χ4v) is 3.45. The van der Waals surface area contributed by atoms with Crippen LogP contribution in [0.3, 0.4) is 0 Å². The zero-order valence-electron chi connectivity index (χ0n) is 13.6. The van der Waals surface area contributed by atoms with Gasteiger partial charge in [-0.3, -0.25) is 9.69 Å². The zero-order valence-corrected chi connectivity index (χ0v) is 16.0. The van der Waals surface area contributed by atoms with E-state index < -0.39 is 0 Å². The Labute approximate surface area is 160 Å². The van der Waals surface area contributed by atoms with Gasteiger partial charge < -0.3 is 5.32 Å². The number of hydrogen-bond acceptors (Lipinski definition) is 2. The molecule has 2 aromatic rings. The molecule has 1 amide bonds. The van der Waals surface area contributed by atoms with Crippen LogP contribution in [0.2, 0.25) is 5.02 Å². The van der Waals surface area contributed by atoms with Crippen LogP contribution in [0.15, 0.2) is 46.9 Å². The number of halogens is 3. The number of benzene rings is 2. The number of hydrogen-bond donors (Lipinski definition) is 1. The van der Waals surface area contributed by atoms with Crippen molar-refractivity contribution in [2.45, 2.75) is 19.4 Å². The summed E-state index contributed by atoms with van der Waals surface area (Å²) in [6.45, 7) is 2.50. The lowest BCUT2D eigenvalue weighted by atomic mass is 9.95. The maximum atomic E-state index is 13.0. The second-order valence-corrected chi connectivity index (χ2v) is 7.56. The van der Waals surface area contributed by atoms with Crippen molar-refractivity contribution in [2.24, 2.45) is 5.92 Å². The Morgan fingerprint density at radius 1 is 1.20 bits per heavy atom. The third-order valence-electron chi connectivity index (χ3n) is 4.46. The van der Waals surface area contributed by atoms with Gasteiger partial charge in [0.05, 0.1) is 5.02 Å². The van der Waals surface area contributed by atoms with E-state index in [-0.39, 0.29) is 17.6 Å². The number of carbonyl (C=O) groups is 1.